The summed E-state index contributed by atoms with van der Waals surface area (Å²) in [5.74, 6) is -0.557. The molecule has 106 valence electrons. The van der Waals surface area contributed by atoms with Gasteiger partial charge in [0, 0.05) is 7.05 Å². The maximum absolute atomic E-state index is 12.3. The van der Waals surface area contributed by atoms with E-state index in [1.807, 2.05) is 19.9 Å². The lowest BCUT2D eigenvalue weighted by Gasteiger charge is -2.17. The third-order valence-electron chi connectivity index (χ3n) is 2.56. The highest BCUT2D eigenvalue weighted by molar-refractivity contribution is 7.89. The third kappa shape index (κ3) is 4.04. The lowest BCUT2D eigenvalue weighted by atomic mass is 10.2. The summed E-state index contributed by atoms with van der Waals surface area (Å²) < 4.78 is 30.3. The van der Waals surface area contributed by atoms with Gasteiger partial charge in [0.15, 0.2) is 0 Å². The Balaban J connectivity index is 2.99. The molecular weight excluding hydrogens is 266 g/mol. The lowest BCUT2D eigenvalue weighted by Crippen LogP contribution is -2.33. The monoisotopic (exact) mass is 285 g/mol. The number of ether oxygens (including phenoxy) is 1. The van der Waals surface area contributed by atoms with Crippen LogP contribution in [-0.2, 0) is 19.6 Å². The molecule has 0 saturated carbocycles. The zero-order valence-electron chi connectivity index (χ0n) is 11.6. The molecule has 1 aromatic carbocycles. The molecule has 0 bridgehead atoms. The number of sulfonamides is 1. The molecule has 0 spiro atoms. The molecule has 0 radical (unpaired) electrons. The van der Waals surface area contributed by atoms with Crippen molar-refractivity contribution in [3.63, 3.8) is 0 Å². The Kier molecular flexibility index (Phi) is 5.08. The number of benzene rings is 1. The van der Waals surface area contributed by atoms with Crippen LogP contribution in [0.15, 0.2) is 23.1 Å². The largest absolute Gasteiger partial charge is 0.465 e. The number of carbonyl (C=O) groups is 1. The van der Waals surface area contributed by atoms with Gasteiger partial charge < -0.3 is 4.74 Å². The Morgan fingerprint density at radius 1 is 1.21 bits per heavy atom. The van der Waals surface area contributed by atoms with Gasteiger partial charge >= 0.3 is 5.97 Å². The van der Waals surface area contributed by atoms with Gasteiger partial charge in [-0.25, -0.2) is 8.42 Å². The van der Waals surface area contributed by atoms with Crippen LogP contribution in [0.5, 0.6) is 0 Å². The molecule has 0 unspecified atom stereocenters. The third-order valence-corrected chi connectivity index (χ3v) is 4.34. The molecule has 0 aliphatic heterocycles. The molecule has 0 amide bonds. The molecule has 0 N–H and O–H groups in total. The van der Waals surface area contributed by atoms with Gasteiger partial charge in [-0.2, -0.15) is 4.31 Å². The Hall–Kier alpha value is -1.40. The summed E-state index contributed by atoms with van der Waals surface area (Å²) in [7, 11) is -2.30. The number of esters is 1. The molecule has 1 aromatic rings. The van der Waals surface area contributed by atoms with Crippen LogP contribution < -0.4 is 0 Å². The maximum Gasteiger partial charge on any atom is 0.321 e. The molecule has 1 rings (SSSR count). The molecular formula is C13H19NO4S. The van der Waals surface area contributed by atoms with Crippen LogP contribution in [0.1, 0.15) is 18.1 Å². The van der Waals surface area contributed by atoms with Gasteiger partial charge in [0.2, 0.25) is 10.0 Å². The van der Waals surface area contributed by atoms with Crippen molar-refractivity contribution in [1.29, 1.82) is 0 Å². The van der Waals surface area contributed by atoms with E-state index in [1.165, 1.54) is 7.05 Å². The second-order valence-corrected chi connectivity index (χ2v) is 6.43. The Labute approximate surface area is 114 Å². The molecule has 0 atom stereocenters. The standard InChI is InChI=1S/C13H19NO4S/c1-5-18-13(15)9-14(4)19(16,17)12-7-10(2)6-11(3)8-12/h6-8H,5,9H2,1-4H3. The first kappa shape index (κ1) is 15.7. The lowest BCUT2D eigenvalue weighted by molar-refractivity contribution is -0.143. The molecule has 0 saturated heterocycles. The normalized spacial score (nSPS) is 11.6. The molecule has 0 heterocycles. The SMILES string of the molecule is CCOC(=O)CN(C)S(=O)(=O)c1cc(C)cc(C)c1. The number of rotatable bonds is 5. The number of likely N-dealkylation sites (N-methyl/N-ethyl adjacent to an activating group) is 1. The van der Waals surface area contributed by atoms with Gasteiger partial charge in [0.25, 0.3) is 0 Å². The van der Waals surface area contributed by atoms with E-state index in [0.29, 0.717) is 0 Å². The van der Waals surface area contributed by atoms with Gasteiger partial charge in [-0.15, -0.1) is 0 Å². The Morgan fingerprint density at radius 2 is 1.74 bits per heavy atom. The zero-order valence-corrected chi connectivity index (χ0v) is 12.5. The zero-order chi connectivity index (χ0) is 14.6. The second kappa shape index (κ2) is 6.16. The maximum atomic E-state index is 12.3. The Bertz CT molecular complexity index is 546. The summed E-state index contributed by atoms with van der Waals surface area (Å²) in [6.07, 6.45) is 0. The molecule has 19 heavy (non-hydrogen) atoms. The minimum absolute atomic E-state index is 0.191. The minimum Gasteiger partial charge on any atom is -0.465 e. The van der Waals surface area contributed by atoms with E-state index in [0.717, 1.165) is 15.4 Å². The van der Waals surface area contributed by atoms with E-state index >= 15 is 0 Å². The summed E-state index contributed by atoms with van der Waals surface area (Å²) in [5.41, 5.74) is 1.73. The van der Waals surface area contributed by atoms with Crippen molar-refractivity contribution in [1.82, 2.24) is 4.31 Å². The van der Waals surface area contributed by atoms with E-state index in [4.69, 9.17) is 4.74 Å². The predicted octanol–water partition coefficient (Wildman–Crippen LogP) is 1.49. The van der Waals surface area contributed by atoms with E-state index < -0.39 is 16.0 Å². The second-order valence-electron chi connectivity index (χ2n) is 4.39. The van der Waals surface area contributed by atoms with Crippen LogP contribution in [-0.4, -0.2) is 38.9 Å². The van der Waals surface area contributed by atoms with E-state index in [9.17, 15) is 13.2 Å². The first-order valence-electron chi connectivity index (χ1n) is 5.97. The minimum atomic E-state index is -3.66. The summed E-state index contributed by atoms with van der Waals surface area (Å²) in [4.78, 5) is 11.5. The van der Waals surface area contributed by atoms with E-state index in [1.54, 1.807) is 19.1 Å². The Morgan fingerprint density at radius 3 is 2.21 bits per heavy atom. The number of carbonyl (C=O) groups excluding carboxylic acids is 1. The average molecular weight is 285 g/mol. The van der Waals surface area contributed by atoms with Crippen molar-refractivity contribution in [2.75, 3.05) is 20.2 Å². The van der Waals surface area contributed by atoms with Crippen molar-refractivity contribution in [3.8, 4) is 0 Å². The van der Waals surface area contributed by atoms with Crippen LogP contribution in [0.25, 0.3) is 0 Å². The van der Waals surface area contributed by atoms with Crippen LogP contribution in [0.2, 0.25) is 0 Å². The summed E-state index contributed by atoms with van der Waals surface area (Å²) >= 11 is 0. The van der Waals surface area contributed by atoms with Crippen molar-refractivity contribution in [2.45, 2.75) is 25.7 Å². The highest BCUT2D eigenvalue weighted by Crippen LogP contribution is 2.17. The fourth-order valence-electron chi connectivity index (χ4n) is 1.74. The topological polar surface area (TPSA) is 63.7 Å². The van der Waals surface area contributed by atoms with E-state index in [2.05, 4.69) is 0 Å². The van der Waals surface area contributed by atoms with Crippen LogP contribution in [0.4, 0.5) is 0 Å². The van der Waals surface area contributed by atoms with Gasteiger partial charge in [-0.3, -0.25) is 4.79 Å². The van der Waals surface area contributed by atoms with Crippen molar-refractivity contribution in [2.24, 2.45) is 0 Å². The van der Waals surface area contributed by atoms with Gasteiger partial charge in [-0.1, -0.05) is 6.07 Å². The van der Waals surface area contributed by atoms with Crippen molar-refractivity contribution < 1.29 is 17.9 Å². The number of hydrogen-bond acceptors (Lipinski definition) is 4. The molecule has 5 nitrogen and oxygen atoms in total. The molecule has 0 aliphatic rings. The van der Waals surface area contributed by atoms with Crippen LogP contribution in [0, 0.1) is 13.8 Å². The summed E-state index contributed by atoms with van der Waals surface area (Å²) in [6, 6.07) is 5.07. The van der Waals surface area contributed by atoms with Crippen molar-refractivity contribution in [3.05, 3.63) is 29.3 Å². The average Bonchev–Trinajstić information content (AvgIpc) is 2.27. The summed E-state index contributed by atoms with van der Waals surface area (Å²) in [5, 5.41) is 0. The van der Waals surface area contributed by atoms with Crippen molar-refractivity contribution >= 4 is 16.0 Å². The van der Waals surface area contributed by atoms with Gasteiger partial charge in [0.1, 0.15) is 6.54 Å². The fourth-order valence-corrected chi connectivity index (χ4v) is 3.04. The smallest absolute Gasteiger partial charge is 0.321 e. The number of nitrogens with zero attached hydrogens (tertiary/aromatic N) is 1. The fraction of sp³-hybridized carbons (Fsp3) is 0.462. The quantitative estimate of drug-likeness (QED) is 0.769. The highest BCUT2D eigenvalue weighted by atomic mass is 32.2. The molecule has 0 aromatic heterocycles. The highest BCUT2D eigenvalue weighted by Gasteiger charge is 2.23. The number of hydrogen-bond donors (Lipinski definition) is 0. The first-order valence-corrected chi connectivity index (χ1v) is 7.41. The first-order chi connectivity index (χ1) is 8.77. The van der Waals surface area contributed by atoms with Crippen LogP contribution >= 0.6 is 0 Å². The van der Waals surface area contributed by atoms with E-state index in [-0.39, 0.29) is 18.0 Å². The van der Waals surface area contributed by atoms with Gasteiger partial charge in [-0.05, 0) is 44.0 Å². The number of aryl methyl sites for hydroxylation is 2. The predicted molar refractivity (Wildman–Crippen MR) is 72.4 cm³/mol. The van der Waals surface area contributed by atoms with Crippen LogP contribution in [0.3, 0.4) is 0 Å². The molecule has 0 fully saturated rings. The molecule has 6 heteroatoms. The van der Waals surface area contributed by atoms with Gasteiger partial charge in [0.05, 0.1) is 11.5 Å². The molecule has 0 aliphatic carbocycles. The summed E-state index contributed by atoms with van der Waals surface area (Å²) in [6.45, 7) is 5.28.